The molecular weight excluding hydrogens is 254 g/mol. The summed E-state index contributed by atoms with van der Waals surface area (Å²) in [7, 11) is 0. The van der Waals surface area contributed by atoms with Gasteiger partial charge in [-0.3, -0.25) is 0 Å². The highest BCUT2D eigenvalue weighted by molar-refractivity contribution is 9.10. The van der Waals surface area contributed by atoms with Crippen LogP contribution < -0.4 is 4.74 Å². The molecule has 0 bridgehead atoms. The number of allylic oxidation sites excluding steroid dienone is 1. The molecular formula is C12H12BrNO. The van der Waals surface area contributed by atoms with Gasteiger partial charge in [0.25, 0.3) is 0 Å². The van der Waals surface area contributed by atoms with Gasteiger partial charge in [-0.05, 0) is 30.7 Å². The fraction of sp³-hybridized carbons (Fsp3) is 0.250. The van der Waals surface area contributed by atoms with Gasteiger partial charge in [0, 0.05) is 16.1 Å². The van der Waals surface area contributed by atoms with Crippen LogP contribution in [0.4, 0.5) is 0 Å². The van der Waals surface area contributed by atoms with Gasteiger partial charge in [-0.1, -0.05) is 22.9 Å². The molecule has 0 spiro atoms. The summed E-state index contributed by atoms with van der Waals surface area (Å²) in [5.41, 5.74) is 0.916. The molecule has 1 aromatic rings. The van der Waals surface area contributed by atoms with Gasteiger partial charge in [-0.25, -0.2) is 0 Å². The summed E-state index contributed by atoms with van der Waals surface area (Å²) >= 11 is 3.38. The van der Waals surface area contributed by atoms with Gasteiger partial charge in [-0.15, -0.1) is 0 Å². The molecule has 78 valence electrons. The van der Waals surface area contributed by atoms with E-state index in [1.54, 1.807) is 6.08 Å². The van der Waals surface area contributed by atoms with Gasteiger partial charge < -0.3 is 4.74 Å². The van der Waals surface area contributed by atoms with E-state index in [2.05, 4.69) is 22.9 Å². The molecule has 0 aliphatic carbocycles. The first kappa shape index (κ1) is 11.8. The lowest BCUT2D eigenvalue weighted by Gasteiger charge is -2.08. The average molecular weight is 266 g/mol. The number of nitrogens with zero attached hydrogens (tertiary/aromatic N) is 1. The Morgan fingerprint density at radius 3 is 3.00 bits per heavy atom. The summed E-state index contributed by atoms with van der Waals surface area (Å²) < 4.78 is 6.53. The summed E-state index contributed by atoms with van der Waals surface area (Å²) in [4.78, 5) is 0. The monoisotopic (exact) mass is 265 g/mol. The smallest absolute Gasteiger partial charge is 0.126 e. The Hall–Kier alpha value is -1.27. The molecule has 1 rings (SSSR count). The molecule has 0 aliphatic rings. The van der Waals surface area contributed by atoms with E-state index in [1.807, 2.05) is 24.3 Å². The number of halogens is 1. The average Bonchev–Trinajstić information content (AvgIpc) is 2.25. The normalized spacial score (nSPS) is 10.2. The van der Waals surface area contributed by atoms with Crippen LogP contribution in [0.25, 0.3) is 6.08 Å². The molecule has 0 unspecified atom stereocenters. The van der Waals surface area contributed by atoms with Crippen molar-refractivity contribution >= 4 is 22.0 Å². The van der Waals surface area contributed by atoms with E-state index in [4.69, 9.17) is 10.00 Å². The summed E-state index contributed by atoms with van der Waals surface area (Å²) in [6, 6.07) is 7.72. The fourth-order valence-corrected chi connectivity index (χ4v) is 1.50. The van der Waals surface area contributed by atoms with Crippen LogP contribution in [0.15, 0.2) is 28.7 Å². The quantitative estimate of drug-likeness (QED) is 0.777. The molecule has 0 amide bonds. The van der Waals surface area contributed by atoms with Crippen LogP contribution in [0.1, 0.15) is 18.9 Å². The molecule has 15 heavy (non-hydrogen) atoms. The Morgan fingerprint density at radius 2 is 2.33 bits per heavy atom. The molecule has 1 aromatic carbocycles. The van der Waals surface area contributed by atoms with Crippen molar-refractivity contribution in [3.05, 3.63) is 34.3 Å². The van der Waals surface area contributed by atoms with E-state index < -0.39 is 0 Å². The Labute approximate surface area is 98.3 Å². The minimum absolute atomic E-state index is 0.690. The van der Waals surface area contributed by atoms with Gasteiger partial charge >= 0.3 is 0 Å². The first-order valence-corrected chi connectivity index (χ1v) is 5.55. The van der Waals surface area contributed by atoms with E-state index >= 15 is 0 Å². The van der Waals surface area contributed by atoms with Crippen molar-refractivity contribution in [2.45, 2.75) is 13.3 Å². The van der Waals surface area contributed by atoms with E-state index in [-0.39, 0.29) is 0 Å². The summed E-state index contributed by atoms with van der Waals surface area (Å²) in [5, 5.41) is 8.47. The van der Waals surface area contributed by atoms with Crippen molar-refractivity contribution in [2.24, 2.45) is 0 Å². The number of rotatable bonds is 4. The Kier molecular flexibility index (Phi) is 4.92. The van der Waals surface area contributed by atoms with Crippen LogP contribution in [0.3, 0.4) is 0 Å². The summed E-state index contributed by atoms with van der Waals surface area (Å²) in [5.74, 6) is 0.812. The topological polar surface area (TPSA) is 33.0 Å². The Bertz CT molecular complexity index is 393. The number of ether oxygens (including phenoxy) is 1. The zero-order chi connectivity index (χ0) is 11.1. The van der Waals surface area contributed by atoms with Crippen molar-refractivity contribution in [1.29, 1.82) is 5.26 Å². The second-order valence-electron chi connectivity index (χ2n) is 2.99. The van der Waals surface area contributed by atoms with Gasteiger partial charge in [0.05, 0.1) is 12.7 Å². The molecule has 0 aromatic heterocycles. The standard InChI is InChI=1S/C12H12BrNO/c1-2-8-15-12-6-5-11(13)9-10(12)4-3-7-14/h3-6,9H,2,8H2,1H3. The molecule has 0 saturated heterocycles. The molecule has 0 N–H and O–H groups in total. The number of nitriles is 1. The van der Waals surface area contributed by atoms with Crippen molar-refractivity contribution in [3.8, 4) is 11.8 Å². The Morgan fingerprint density at radius 1 is 1.53 bits per heavy atom. The fourth-order valence-electron chi connectivity index (χ4n) is 1.12. The van der Waals surface area contributed by atoms with Crippen molar-refractivity contribution in [3.63, 3.8) is 0 Å². The second-order valence-corrected chi connectivity index (χ2v) is 3.91. The highest BCUT2D eigenvalue weighted by Crippen LogP contribution is 2.24. The predicted octanol–water partition coefficient (Wildman–Crippen LogP) is 3.77. The van der Waals surface area contributed by atoms with Crippen LogP contribution in [0, 0.1) is 11.3 Å². The lowest BCUT2D eigenvalue weighted by molar-refractivity contribution is 0.317. The van der Waals surface area contributed by atoms with E-state index in [9.17, 15) is 0 Å². The van der Waals surface area contributed by atoms with Crippen molar-refractivity contribution in [2.75, 3.05) is 6.61 Å². The lowest BCUT2D eigenvalue weighted by atomic mass is 10.2. The third-order valence-electron chi connectivity index (χ3n) is 1.77. The van der Waals surface area contributed by atoms with Crippen LogP contribution >= 0.6 is 15.9 Å². The minimum atomic E-state index is 0.690. The maximum absolute atomic E-state index is 8.47. The second kappa shape index (κ2) is 6.26. The zero-order valence-electron chi connectivity index (χ0n) is 8.53. The third kappa shape index (κ3) is 3.77. The first-order valence-electron chi connectivity index (χ1n) is 4.76. The largest absolute Gasteiger partial charge is 0.493 e. The van der Waals surface area contributed by atoms with Crippen molar-refractivity contribution < 1.29 is 4.74 Å². The third-order valence-corrected chi connectivity index (χ3v) is 2.26. The molecule has 0 fully saturated rings. The summed E-state index contributed by atoms with van der Waals surface area (Å²) in [6.07, 6.45) is 4.16. The maximum Gasteiger partial charge on any atom is 0.126 e. The molecule has 0 atom stereocenters. The Balaban J connectivity index is 2.93. The van der Waals surface area contributed by atoms with E-state index in [1.165, 1.54) is 6.08 Å². The SMILES string of the molecule is CCCOc1ccc(Br)cc1C=CC#N. The highest BCUT2D eigenvalue weighted by Gasteiger charge is 2.00. The molecule has 0 heterocycles. The number of hydrogen-bond donors (Lipinski definition) is 0. The maximum atomic E-state index is 8.47. The molecule has 2 nitrogen and oxygen atoms in total. The van der Waals surface area contributed by atoms with Crippen molar-refractivity contribution in [1.82, 2.24) is 0 Å². The zero-order valence-corrected chi connectivity index (χ0v) is 10.1. The lowest BCUT2D eigenvalue weighted by Crippen LogP contribution is -1.96. The highest BCUT2D eigenvalue weighted by atomic mass is 79.9. The van der Waals surface area contributed by atoms with Crippen LogP contribution in [-0.4, -0.2) is 6.61 Å². The summed E-state index contributed by atoms with van der Waals surface area (Å²) in [6.45, 7) is 2.75. The molecule has 0 radical (unpaired) electrons. The first-order chi connectivity index (χ1) is 7.27. The minimum Gasteiger partial charge on any atom is -0.493 e. The predicted molar refractivity (Wildman–Crippen MR) is 64.6 cm³/mol. The van der Waals surface area contributed by atoms with Crippen LogP contribution in [0.5, 0.6) is 5.75 Å². The van der Waals surface area contributed by atoms with E-state index in [0.29, 0.717) is 6.61 Å². The van der Waals surface area contributed by atoms with Gasteiger partial charge in [-0.2, -0.15) is 5.26 Å². The van der Waals surface area contributed by atoms with Gasteiger partial charge in [0.2, 0.25) is 0 Å². The number of benzene rings is 1. The molecule has 0 saturated carbocycles. The molecule has 3 heteroatoms. The van der Waals surface area contributed by atoms with Gasteiger partial charge in [0.1, 0.15) is 5.75 Å². The van der Waals surface area contributed by atoms with Gasteiger partial charge in [0.15, 0.2) is 0 Å². The van der Waals surface area contributed by atoms with Crippen LogP contribution in [-0.2, 0) is 0 Å². The van der Waals surface area contributed by atoms with E-state index in [0.717, 1.165) is 22.2 Å². The van der Waals surface area contributed by atoms with Crippen LogP contribution in [0.2, 0.25) is 0 Å². The number of hydrogen-bond acceptors (Lipinski definition) is 2. The molecule has 0 aliphatic heterocycles.